The molecule has 1 aromatic carbocycles. The number of nitrogens with two attached hydrogens (primary N) is 1. The number of nitrogens with zero attached hydrogens (tertiary/aromatic N) is 1. The van der Waals surface area contributed by atoms with E-state index >= 15 is 0 Å². The third kappa shape index (κ3) is 2.55. The fourth-order valence-corrected chi connectivity index (χ4v) is 5.35. The van der Waals surface area contributed by atoms with Crippen molar-refractivity contribution in [1.29, 1.82) is 0 Å². The summed E-state index contributed by atoms with van der Waals surface area (Å²) in [6.45, 7) is 0. The summed E-state index contributed by atoms with van der Waals surface area (Å²) in [5, 5.41) is 5.70. The van der Waals surface area contributed by atoms with Gasteiger partial charge in [0.2, 0.25) is 11.8 Å². The van der Waals surface area contributed by atoms with Gasteiger partial charge >= 0.3 is 0 Å². The van der Waals surface area contributed by atoms with Gasteiger partial charge in [-0.1, -0.05) is 0 Å². The van der Waals surface area contributed by atoms with Crippen LogP contribution in [0.4, 0.5) is 5.69 Å². The van der Waals surface area contributed by atoms with Gasteiger partial charge in [-0.15, -0.1) is 0 Å². The number of piperidine rings is 1. The molecule has 4 amide bonds. The Morgan fingerprint density at radius 2 is 1.82 bits per heavy atom. The second-order valence-electron chi connectivity index (χ2n) is 8.36. The van der Waals surface area contributed by atoms with Crippen LogP contribution in [0.15, 0.2) is 18.2 Å². The zero-order valence-corrected chi connectivity index (χ0v) is 15.3. The van der Waals surface area contributed by atoms with Crippen LogP contribution in [-0.4, -0.2) is 46.7 Å². The van der Waals surface area contributed by atoms with Crippen LogP contribution in [0.5, 0.6) is 0 Å². The van der Waals surface area contributed by atoms with E-state index in [4.69, 9.17) is 5.73 Å². The van der Waals surface area contributed by atoms with Crippen molar-refractivity contribution in [3.05, 3.63) is 29.3 Å². The number of benzene rings is 1. The number of nitrogens with one attached hydrogen (secondary N) is 2. The first-order valence-electron chi connectivity index (χ1n) is 9.80. The summed E-state index contributed by atoms with van der Waals surface area (Å²) in [5.41, 5.74) is 7.59. The third-order valence-electron chi connectivity index (χ3n) is 6.66. The molecule has 2 aliphatic heterocycles. The van der Waals surface area contributed by atoms with Crippen LogP contribution in [0.1, 0.15) is 52.8 Å². The minimum atomic E-state index is -0.940. The van der Waals surface area contributed by atoms with E-state index in [1.807, 2.05) is 0 Å². The van der Waals surface area contributed by atoms with Gasteiger partial charge in [-0.3, -0.25) is 29.4 Å². The van der Waals surface area contributed by atoms with Crippen LogP contribution in [0.3, 0.4) is 0 Å². The number of rotatable bonds is 3. The highest BCUT2D eigenvalue weighted by molar-refractivity contribution is 6.23. The van der Waals surface area contributed by atoms with Crippen molar-refractivity contribution in [3.63, 3.8) is 0 Å². The maximum Gasteiger partial charge on any atom is 0.262 e. The molecular formula is C20H22N4O4. The van der Waals surface area contributed by atoms with Crippen LogP contribution in [0, 0.1) is 11.8 Å². The Balaban J connectivity index is 1.37. The molecule has 4 N–H and O–H groups in total. The predicted octanol–water partition coefficient (Wildman–Crippen LogP) is 0.625. The zero-order chi connectivity index (χ0) is 19.6. The van der Waals surface area contributed by atoms with E-state index in [2.05, 4.69) is 10.6 Å². The van der Waals surface area contributed by atoms with Crippen molar-refractivity contribution in [2.24, 2.45) is 17.6 Å². The van der Waals surface area contributed by atoms with Gasteiger partial charge in [-0.2, -0.15) is 0 Å². The number of carbonyl (C=O) groups excluding carboxylic acids is 4. The van der Waals surface area contributed by atoms with Gasteiger partial charge in [0.1, 0.15) is 6.04 Å². The lowest BCUT2D eigenvalue weighted by Gasteiger charge is -2.28. The molecule has 1 saturated heterocycles. The van der Waals surface area contributed by atoms with Gasteiger partial charge in [0, 0.05) is 24.2 Å². The molecule has 3 fully saturated rings. The maximum atomic E-state index is 12.9. The number of amides is 4. The molecule has 1 aromatic rings. The summed E-state index contributed by atoms with van der Waals surface area (Å²) in [4.78, 5) is 50.1. The van der Waals surface area contributed by atoms with Crippen molar-refractivity contribution >= 4 is 29.3 Å². The highest BCUT2D eigenvalue weighted by Gasteiger charge is 2.46. The average molecular weight is 382 g/mol. The van der Waals surface area contributed by atoms with Crippen molar-refractivity contribution in [1.82, 2.24) is 10.2 Å². The van der Waals surface area contributed by atoms with Crippen LogP contribution < -0.4 is 16.4 Å². The van der Waals surface area contributed by atoms with Crippen LogP contribution in [0.25, 0.3) is 0 Å². The normalized spacial score (nSPS) is 34.0. The maximum absolute atomic E-state index is 12.9. The zero-order valence-electron chi connectivity index (χ0n) is 15.3. The van der Waals surface area contributed by atoms with Crippen LogP contribution in [-0.2, 0) is 9.59 Å². The van der Waals surface area contributed by atoms with Crippen LogP contribution >= 0.6 is 0 Å². The summed E-state index contributed by atoms with van der Waals surface area (Å²) >= 11 is 0. The van der Waals surface area contributed by atoms with Crippen molar-refractivity contribution in [3.8, 4) is 0 Å². The molecule has 2 heterocycles. The number of anilines is 1. The summed E-state index contributed by atoms with van der Waals surface area (Å²) < 4.78 is 0. The topological polar surface area (TPSA) is 122 Å². The van der Waals surface area contributed by atoms with E-state index in [1.165, 1.54) is 0 Å². The molecule has 0 radical (unpaired) electrons. The van der Waals surface area contributed by atoms with Gasteiger partial charge < -0.3 is 11.1 Å². The summed E-state index contributed by atoms with van der Waals surface area (Å²) in [6, 6.07) is 4.69. The lowest BCUT2D eigenvalue weighted by molar-refractivity contribution is -0.136. The van der Waals surface area contributed by atoms with Gasteiger partial charge in [-0.25, -0.2) is 0 Å². The highest BCUT2D eigenvalue weighted by Crippen LogP contribution is 2.45. The lowest BCUT2D eigenvalue weighted by Crippen LogP contribution is -2.54. The third-order valence-corrected chi connectivity index (χ3v) is 6.66. The smallest absolute Gasteiger partial charge is 0.262 e. The molecule has 146 valence electrons. The first kappa shape index (κ1) is 17.4. The first-order chi connectivity index (χ1) is 13.4. The number of carbonyl (C=O) groups is 4. The summed E-state index contributed by atoms with van der Waals surface area (Å²) in [5.74, 6) is -0.840. The Labute approximate surface area is 161 Å². The first-order valence-corrected chi connectivity index (χ1v) is 9.80. The summed E-state index contributed by atoms with van der Waals surface area (Å²) in [6.07, 6.45) is 3.57. The fraction of sp³-hybridized carbons (Fsp3) is 0.500. The Morgan fingerprint density at radius 1 is 1.04 bits per heavy atom. The Hall–Kier alpha value is -2.74. The molecule has 0 spiro atoms. The molecule has 28 heavy (non-hydrogen) atoms. The van der Waals surface area contributed by atoms with Crippen molar-refractivity contribution in [2.75, 3.05) is 5.32 Å². The van der Waals surface area contributed by atoms with Gasteiger partial charge in [0.25, 0.3) is 11.8 Å². The number of hydrogen-bond donors (Lipinski definition) is 3. The van der Waals surface area contributed by atoms with E-state index in [9.17, 15) is 19.2 Å². The molecule has 2 saturated carbocycles. The van der Waals surface area contributed by atoms with Crippen molar-refractivity contribution < 1.29 is 19.2 Å². The molecule has 2 aliphatic carbocycles. The quantitative estimate of drug-likeness (QED) is 0.659. The lowest BCUT2D eigenvalue weighted by atomic mass is 9.91. The SMILES string of the molecule is N[C@@H]1C[C@H]2C[C@@H]1[C@@H](Nc1ccc3c(c1)C(=O)N(C1CCC(=O)NC1=O)C3=O)C2. The minimum absolute atomic E-state index is 0.112. The molecule has 5 atom stereocenters. The van der Waals surface area contributed by atoms with Crippen molar-refractivity contribution in [2.45, 2.75) is 50.2 Å². The number of fused-ring (bicyclic) bond motifs is 3. The van der Waals surface area contributed by atoms with E-state index in [1.54, 1.807) is 18.2 Å². The molecule has 4 aliphatic rings. The molecule has 2 bridgehead atoms. The molecule has 1 unspecified atom stereocenters. The van der Waals surface area contributed by atoms with E-state index < -0.39 is 23.8 Å². The van der Waals surface area contributed by atoms with Crippen LogP contribution in [0.2, 0.25) is 0 Å². The minimum Gasteiger partial charge on any atom is -0.382 e. The van der Waals surface area contributed by atoms with E-state index in [0.29, 0.717) is 23.0 Å². The Bertz CT molecular complexity index is 913. The molecular weight excluding hydrogens is 360 g/mol. The molecule has 8 heteroatoms. The molecule has 8 nitrogen and oxygen atoms in total. The molecule has 5 rings (SSSR count). The van der Waals surface area contributed by atoms with E-state index in [0.717, 1.165) is 29.8 Å². The largest absolute Gasteiger partial charge is 0.382 e. The van der Waals surface area contributed by atoms with Gasteiger partial charge in [-0.05, 0) is 55.7 Å². The van der Waals surface area contributed by atoms with Gasteiger partial charge in [0.15, 0.2) is 0 Å². The average Bonchev–Trinajstić information content (AvgIpc) is 3.28. The van der Waals surface area contributed by atoms with Gasteiger partial charge in [0.05, 0.1) is 11.1 Å². The monoisotopic (exact) mass is 382 g/mol. The number of imide groups is 2. The Morgan fingerprint density at radius 3 is 2.54 bits per heavy atom. The molecule has 0 aromatic heterocycles. The second-order valence-corrected chi connectivity index (χ2v) is 8.36. The Kier molecular flexibility index (Phi) is 3.80. The second kappa shape index (κ2) is 6.13. The van der Waals surface area contributed by atoms with E-state index in [-0.39, 0.29) is 30.8 Å². The standard InChI is InChI=1S/C20H22N4O4/c21-14-6-9-5-13(14)15(7-9)22-10-1-2-11-12(8-10)20(28)24(19(11)27)16-3-4-17(25)23-18(16)26/h1-2,8-9,13-16,22H,3-7,21H2,(H,23,25,26)/t9-,13+,14-,15+,16?/m1/s1. The predicted molar refractivity (Wildman–Crippen MR) is 99.3 cm³/mol. The fourth-order valence-electron chi connectivity index (χ4n) is 5.35. The highest BCUT2D eigenvalue weighted by atomic mass is 16.2. The summed E-state index contributed by atoms with van der Waals surface area (Å²) in [7, 11) is 0. The number of hydrogen-bond acceptors (Lipinski definition) is 6.